The number of hydrogen-bond acceptors (Lipinski definition) is 1. The zero-order valence-corrected chi connectivity index (χ0v) is 10.5. The monoisotopic (exact) mass is 268 g/mol. The first-order valence-electron chi connectivity index (χ1n) is 6.33. The van der Waals surface area contributed by atoms with E-state index in [1.165, 1.54) is 12.1 Å². The van der Waals surface area contributed by atoms with Crippen molar-refractivity contribution in [3.05, 3.63) is 35.5 Å². The van der Waals surface area contributed by atoms with Crippen LogP contribution in [0, 0.1) is 5.92 Å². The van der Waals surface area contributed by atoms with Crippen LogP contribution >= 0.6 is 0 Å². The van der Waals surface area contributed by atoms with E-state index in [1.54, 1.807) is 0 Å². The van der Waals surface area contributed by atoms with Gasteiger partial charge in [-0.25, -0.2) is 0 Å². The molecule has 1 aromatic heterocycles. The van der Waals surface area contributed by atoms with Crippen molar-refractivity contribution in [2.24, 2.45) is 5.92 Å². The number of aromatic amines is 1. The molecule has 3 rings (SSSR count). The molecular weight excluding hydrogens is 253 g/mol. The predicted molar refractivity (Wildman–Crippen MR) is 68.1 cm³/mol. The van der Waals surface area contributed by atoms with Crippen LogP contribution in [0.15, 0.2) is 24.4 Å². The van der Waals surface area contributed by atoms with Crippen LogP contribution < -0.4 is 5.32 Å². The molecule has 1 aliphatic rings. The van der Waals surface area contributed by atoms with Crippen molar-refractivity contribution < 1.29 is 13.2 Å². The summed E-state index contributed by atoms with van der Waals surface area (Å²) in [5, 5.41) is 3.82. The lowest BCUT2D eigenvalue weighted by molar-refractivity contribution is -0.137. The van der Waals surface area contributed by atoms with Crippen LogP contribution in [0.4, 0.5) is 13.2 Å². The van der Waals surface area contributed by atoms with E-state index in [4.69, 9.17) is 0 Å². The van der Waals surface area contributed by atoms with E-state index < -0.39 is 11.7 Å². The summed E-state index contributed by atoms with van der Waals surface area (Å²) >= 11 is 0. The van der Waals surface area contributed by atoms with E-state index >= 15 is 0 Å². The summed E-state index contributed by atoms with van der Waals surface area (Å²) < 4.78 is 38.2. The van der Waals surface area contributed by atoms with Gasteiger partial charge in [0.2, 0.25) is 0 Å². The number of rotatable bonds is 3. The number of H-pyrrole nitrogens is 1. The Morgan fingerprint density at radius 2 is 2.16 bits per heavy atom. The highest BCUT2D eigenvalue weighted by atomic mass is 19.4. The molecule has 2 atom stereocenters. The van der Waals surface area contributed by atoms with Crippen molar-refractivity contribution in [1.29, 1.82) is 0 Å². The molecule has 19 heavy (non-hydrogen) atoms. The molecule has 1 saturated carbocycles. The smallest absolute Gasteiger partial charge is 0.361 e. The molecule has 0 spiro atoms. The number of nitrogens with one attached hydrogen (secondary N) is 2. The standard InChI is InChI=1S/C14H15F3N2/c1-18-6-8-4-10(8)12-7-19-13-3-2-9(5-11(12)13)14(15,16)17/h2-3,5,7-8,10,18-19H,4,6H2,1H3/t8-,10+/m1/s1. The average molecular weight is 268 g/mol. The summed E-state index contributed by atoms with van der Waals surface area (Å²) in [6.07, 6.45) is -1.38. The van der Waals surface area contributed by atoms with Gasteiger partial charge in [-0.15, -0.1) is 0 Å². The third kappa shape index (κ3) is 2.23. The van der Waals surface area contributed by atoms with E-state index in [-0.39, 0.29) is 0 Å². The molecule has 0 amide bonds. The van der Waals surface area contributed by atoms with Crippen molar-refractivity contribution in [3.63, 3.8) is 0 Å². The lowest BCUT2D eigenvalue weighted by Gasteiger charge is -2.07. The second kappa shape index (κ2) is 4.27. The van der Waals surface area contributed by atoms with Crippen molar-refractivity contribution in [3.8, 4) is 0 Å². The van der Waals surface area contributed by atoms with Gasteiger partial charge in [0.25, 0.3) is 0 Å². The van der Waals surface area contributed by atoms with Gasteiger partial charge in [-0.05, 0) is 55.6 Å². The van der Waals surface area contributed by atoms with Crippen LogP contribution in [0.5, 0.6) is 0 Å². The summed E-state index contributed by atoms with van der Waals surface area (Å²) in [5.74, 6) is 0.920. The molecule has 0 unspecified atom stereocenters. The molecule has 5 heteroatoms. The molecule has 1 heterocycles. The van der Waals surface area contributed by atoms with Gasteiger partial charge in [0.1, 0.15) is 0 Å². The molecule has 0 bridgehead atoms. The average Bonchev–Trinajstić information content (AvgIpc) is 2.98. The zero-order valence-electron chi connectivity index (χ0n) is 10.5. The largest absolute Gasteiger partial charge is 0.416 e. The fourth-order valence-electron chi connectivity index (χ4n) is 2.74. The van der Waals surface area contributed by atoms with Gasteiger partial charge >= 0.3 is 6.18 Å². The molecular formula is C14H15F3N2. The molecule has 1 aliphatic carbocycles. The molecule has 0 saturated heterocycles. The minimum absolute atomic E-state index is 0.379. The van der Waals surface area contributed by atoms with Gasteiger partial charge in [0.05, 0.1) is 5.56 Å². The van der Waals surface area contributed by atoms with Gasteiger partial charge in [0, 0.05) is 17.1 Å². The quantitative estimate of drug-likeness (QED) is 0.876. The highest BCUT2D eigenvalue weighted by Crippen LogP contribution is 2.49. The second-order valence-electron chi connectivity index (χ2n) is 5.16. The van der Waals surface area contributed by atoms with Gasteiger partial charge in [-0.2, -0.15) is 13.2 Å². The molecule has 2 aromatic rings. The Kier molecular flexibility index (Phi) is 2.82. The van der Waals surface area contributed by atoms with Crippen molar-refractivity contribution >= 4 is 10.9 Å². The van der Waals surface area contributed by atoms with Crippen molar-refractivity contribution in [2.45, 2.75) is 18.5 Å². The molecule has 1 aromatic carbocycles. The highest BCUT2D eigenvalue weighted by Gasteiger charge is 2.39. The van der Waals surface area contributed by atoms with E-state index in [1.807, 2.05) is 13.2 Å². The van der Waals surface area contributed by atoms with Crippen molar-refractivity contribution in [1.82, 2.24) is 10.3 Å². The molecule has 2 nitrogen and oxygen atoms in total. The number of alkyl halides is 3. The van der Waals surface area contributed by atoms with E-state index in [9.17, 15) is 13.2 Å². The Bertz CT molecular complexity index is 600. The number of fused-ring (bicyclic) bond motifs is 1. The predicted octanol–water partition coefficient (Wildman–Crippen LogP) is 3.51. The number of hydrogen-bond donors (Lipinski definition) is 2. The van der Waals surface area contributed by atoms with Gasteiger partial charge in [-0.1, -0.05) is 0 Å². The lowest BCUT2D eigenvalue weighted by Crippen LogP contribution is -2.10. The molecule has 102 valence electrons. The van der Waals surface area contributed by atoms with Crippen LogP contribution in [0.25, 0.3) is 10.9 Å². The summed E-state index contributed by atoms with van der Waals surface area (Å²) in [6, 6.07) is 3.90. The summed E-state index contributed by atoms with van der Waals surface area (Å²) in [5.41, 5.74) is 1.21. The van der Waals surface area contributed by atoms with Gasteiger partial charge in [-0.3, -0.25) is 0 Å². The first-order chi connectivity index (χ1) is 9.00. The maximum Gasteiger partial charge on any atom is 0.416 e. The summed E-state index contributed by atoms with van der Waals surface area (Å²) in [6.45, 7) is 0.913. The van der Waals surface area contributed by atoms with Crippen LogP contribution in [0.2, 0.25) is 0 Å². The lowest BCUT2D eigenvalue weighted by atomic mass is 10.1. The third-order valence-electron chi connectivity index (χ3n) is 3.83. The topological polar surface area (TPSA) is 27.8 Å². The van der Waals surface area contributed by atoms with Crippen LogP contribution in [-0.4, -0.2) is 18.6 Å². The van der Waals surface area contributed by atoms with Gasteiger partial charge in [0.15, 0.2) is 0 Å². The van der Waals surface area contributed by atoms with Crippen LogP contribution in [0.1, 0.15) is 23.5 Å². The molecule has 1 fully saturated rings. The summed E-state index contributed by atoms with van der Waals surface area (Å²) in [4.78, 5) is 3.06. The first-order valence-corrected chi connectivity index (χ1v) is 6.33. The minimum Gasteiger partial charge on any atom is -0.361 e. The molecule has 0 radical (unpaired) electrons. The van der Waals surface area contributed by atoms with Crippen molar-refractivity contribution in [2.75, 3.05) is 13.6 Å². The first kappa shape index (κ1) is 12.5. The zero-order chi connectivity index (χ0) is 13.6. The second-order valence-corrected chi connectivity index (χ2v) is 5.16. The Morgan fingerprint density at radius 3 is 2.84 bits per heavy atom. The fourth-order valence-corrected chi connectivity index (χ4v) is 2.74. The van der Waals surface area contributed by atoms with Crippen LogP contribution in [0.3, 0.4) is 0 Å². The van der Waals surface area contributed by atoms with E-state index in [0.29, 0.717) is 17.2 Å². The van der Waals surface area contributed by atoms with E-state index in [2.05, 4.69) is 10.3 Å². The third-order valence-corrected chi connectivity index (χ3v) is 3.83. The number of benzene rings is 1. The fraction of sp³-hybridized carbons (Fsp3) is 0.429. The Labute approximate surface area is 109 Å². The highest BCUT2D eigenvalue weighted by molar-refractivity contribution is 5.85. The SMILES string of the molecule is CNC[C@H]1C[C@@H]1c1c[nH]c2ccc(C(F)(F)F)cc12. The maximum absolute atomic E-state index is 12.7. The minimum atomic E-state index is -4.28. The normalized spacial score (nSPS) is 22.9. The molecule has 0 aliphatic heterocycles. The Morgan fingerprint density at radius 1 is 1.37 bits per heavy atom. The Balaban J connectivity index is 1.98. The maximum atomic E-state index is 12.7. The number of halogens is 3. The van der Waals surface area contributed by atoms with Gasteiger partial charge < -0.3 is 10.3 Å². The molecule has 2 N–H and O–H groups in total. The van der Waals surface area contributed by atoms with Crippen LogP contribution in [-0.2, 0) is 6.18 Å². The number of aromatic nitrogens is 1. The van der Waals surface area contributed by atoms with E-state index in [0.717, 1.165) is 30.1 Å². The summed E-state index contributed by atoms with van der Waals surface area (Å²) in [7, 11) is 1.90. The Hall–Kier alpha value is -1.49.